The van der Waals surface area contributed by atoms with E-state index in [4.69, 9.17) is 4.74 Å². The summed E-state index contributed by atoms with van der Waals surface area (Å²) < 4.78 is 5.32. The number of anilines is 1. The van der Waals surface area contributed by atoms with Gasteiger partial charge in [-0.2, -0.15) is 0 Å². The van der Waals surface area contributed by atoms with Crippen LogP contribution in [0.1, 0.15) is 11.1 Å². The third-order valence-corrected chi connectivity index (χ3v) is 5.35. The second kappa shape index (κ2) is 7.28. The SMILES string of the molecule is COc1ccc2[nH]c(O)c(C=c3ccc4c(c3)N=NC=4c3ccc(N(C)C)nc3)c2c1. The Morgan fingerprint density at radius 2 is 1.90 bits per heavy atom. The van der Waals surface area contributed by atoms with Crippen molar-refractivity contribution in [1.29, 1.82) is 0 Å². The van der Waals surface area contributed by atoms with Crippen LogP contribution >= 0.6 is 0 Å². The maximum absolute atomic E-state index is 10.4. The van der Waals surface area contributed by atoms with Gasteiger partial charge in [-0.25, -0.2) is 4.98 Å². The maximum Gasteiger partial charge on any atom is 0.196 e. The summed E-state index contributed by atoms with van der Waals surface area (Å²) in [5.41, 5.74) is 4.06. The lowest BCUT2D eigenvalue weighted by Gasteiger charge is -2.10. The number of aromatic amines is 1. The summed E-state index contributed by atoms with van der Waals surface area (Å²) >= 11 is 0. The summed E-state index contributed by atoms with van der Waals surface area (Å²) in [6, 6.07) is 15.6. The minimum Gasteiger partial charge on any atom is -0.497 e. The monoisotopic (exact) mass is 411 g/mol. The van der Waals surface area contributed by atoms with Gasteiger partial charge in [-0.1, -0.05) is 6.07 Å². The minimum absolute atomic E-state index is 0.115. The number of hydrogen-bond donors (Lipinski definition) is 2. The Kier molecular flexibility index (Phi) is 4.43. The highest BCUT2D eigenvalue weighted by Gasteiger charge is 2.13. The van der Waals surface area contributed by atoms with E-state index in [0.717, 1.165) is 49.9 Å². The number of aromatic hydroxyl groups is 1. The second-order valence-electron chi connectivity index (χ2n) is 7.57. The summed E-state index contributed by atoms with van der Waals surface area (Å²) in [7, 11) is 5.54. The summed E-state index contributed by atoms with van der Waals surface area (Å²) in [6.45, 7) is 0. The van der Waals surface area contributed by atoms with Crippen molar-refractivity contribution in [1.82, 2.24) is 9.97 Å². The molecule has 7 heteroatoms. The Hall–Kier alpha value is -4.13. The number of pyridine rings is 1. The molecule has 3 heterocycles. The molecule has 0 fully saturated rings. The van der Waals surface area contributed by atoms with E-state index < -0.39 is 0 Å². The van der Waals surface area contributed by atoms with E-state index in [1.54, 1.807) is 7.11 Å². The van der Waals surface area contributed by atoms with Crippen LogP contribution < -0.4 is 20.1 Å². The summed E-state index contributed by atoms with van der Waals surface area (Å²) in [5.74, 6) is 1.74. The number of methoxy groups -OCH3 is 1. The third-order valence-electron chi connectivity index (χ3n) is 5.35. The zero-order valence-corrected chi connectivity index (χ0v) is 17.4. The van der Waals surface area contributed by atoms with Crippen LogP contribution in [-0.4, -0.2) is 36.3 Å². The highest BCUT2D eigenvalue weighted by molar-refractivity contribution is 5.92. The zero-order chi connectivity index (χ0) is 21.5. The van der Waals surface area contributed by atoms with Crippen molar-refractivity contribution < 1.29 is 9.84 Å². The molecule has 31 heavy (non-hydrogen) atoms. The number of aromatic nitrogens is 2. The molecule has 0 amide bonds. The van der Waals surface area contributed by atoms with Gasteiger partial charge in [0.2, 0.25) is 0 Å². The molecule has 1 aliphatic rings. The lowest BCUT2D eigenvalue weighted by molar-refractivity contribution is 0.415. The Bertz CT molecular complexity index is 1450. The highest BCUT2D eigenvalue weighted by atomic mass is 16.5. The van der Waals surface area contributed by atoms with Gasteiger partial charge in [0.05, 0.1) is 12.8 Å². The number of rotatable bonds is 4. The van der Waals surface area contributed by atoms with E-state index in [1.165, 1.54) is 0 Å². The largest absolute Gasteiger partial charge is 0.497 e. The molecule has 0 spiro atoms. The normalized spacial score (nSPS) is 13.1. The molecule has 2 aromatic heterocycles. The molecule has 5 rings (SSSR count). The van der Waals surface area contributed by atoms with Crippen LogP contribution in [0, 0.1) is 0 Å². The quantitative estimate of drug-likeness (QED) is 0.539. The van der Waals surface area contributed by atoms with Crippen LogP contribution in [0.15, 0.2) is 65.0 Å². The Morgan fingerprint density at radius 3 is 2.65 bits per heavy atom. The summed E-state index contributed by atoms with van der Waals surface area (Å²) in [6.07, 6.45) is 3.74. The number of hydrogen-bond acceptors (Lipinski definition) is 6. The fraction of sp³-hybridized carbons (Fsp3) is 0.125. The third kappa shape index (κ3) is 3.30. The van der Waals surface area contributed by atoms with E-state index in [0.29, 0.717) is 5.56 Å². The molecule has 0 saturated carbocycles. The van der Waals surface area contributed by atoms with Gasteiger partial charge in [0.15, 0.2) is 5.88 Å². The lowest BCUT2D eigenvalue weighted by Crippen LogP contribution is -2.11. The Morgan fingerprint density at radius 1 is 1.03 bits per heavy atom. The predicted molar refractivity (Wildman–Crippen MR) is 121 cm³/mol. The van der Waals surface area contributed by atoms with Crippen molar-refractivity contribution in [3.8, 4) is 11.6 Å². The molecule has 7 nitrogen and oxygen atoms in total. The number of benzene rings is 2. The van der Waals surface area contributed by atoms with Gasteiger partial charge in [-0.15, -0.1) is 10.2 Å². The molecular weight excluding hydrogens is 390 g/mol. The van der Waals surface area contributed by atoms with Gasteiger partial charge >= 0.3 is 0 Å². The molecule has 0 unspecified atom stereocenters. The van der Waals surface area contributed by atoms with Crippen molar-refractivity contribution in [2.45, 2.75) is 0 Å². The summed E-state index contributed by atoms with van der Waals surface area (Å²) in [4.78, 5) is 9.43. The van der Waals surface area contributed by atoms with Crippen molar-refractivity contribution in [2.75, 3.05) is 26.1 Å². The first-order valence-electron chi connectivity index (χ1n) is 9.84. The second-order valence-corrected chi connectivity index (χ2v) is 7.57. The molecule has 2 aromatic carbocycles. The van der Waals surface area contributed by atoms with Gasteiger partial charge in [0.1, 0.15) is 17.3 Å². The predicted octanol–water partition coefficient (Wildman–Crippen LogP) is 3.43. The average molecular weight is 411 g/mol. The minimum atomic E-state index is 0.115. The van der Waals surface area contributed by atoms with Crippen LogP contribution in [0.2, 0.25) is 0 Å². The molecule has 4 aromatic rings. The zero-order valence-electron chi connectivity index (χ0n) is 17.4. The number of azo groups is 1. The van der Waals surface area contributed by atoms with Crippen molar-refractivity contribution in [3.05, 3.63) is 76.3 Å². The first kappa shape index (κ1) is 18.9. The molecule has 154 valence electrons. The molecule has 0 atom stereocenters. The first-order valence-corrected chi connectivity index (χ1v) is 9.84. The molecule has 0 saturated heterocycles. The van der Waals surface area contributed by atoms with Crippen LogP contribution in [0.5, 0.6) is 11.6 Å². The number of nitrogens with one attached hydrogen (secondary N) is 1. The van der Waals surface area contributed by atoms with Gasteiger partial charge in [0.25, 0.3) is 0 Å². The molecule has 2 N–H and O–H groups in total. The highest BCUT2D eigenvalue weighted by Crippen LogP contribution is 2.31. The average Bonchev–Trinajstić information content (AvgIpc) is 3.34. The van der Waals surface area contributed by atoms with E-state index >= 15 is 0 Å². The van der Waals surface area contributed by atoms with Crippen LogP contribution in [0.3, 0.4) is 0 Å². The van der Waals surface area contributed by atoms with E-state index in [2.05, 4.69) is 20.2 Å². The van der Waals surface area contributed by atoms with Crippen molar-refractivity contribution in [3.63, 3.8) is 0 Å². The Balaban J connectivity index is 1.59. The van der Waals surface area contributed by atoms with Crippen LogP contribution in [-0.2, 0) is 0 Å². The number of nitrogens with zero attached hydrogens (tertiary/aromatic N) is 4. The molecular formula is C24H21N5O2. The number of ether oxygens (including phenoxy) is 1. The van der Waals surface area contributed by atoms with Gasteiger partial charge in [-0.05, 0) is 53.8 Å². The summed E-state index contributed by atoms with van der Waals surface area (Å²) in [5, 5.41) is 21.9. The fourth-order valence-electron chi connectivity index (χ4n) is 3.70. The maximum atomic E-state index is 10.4. The van der Waals surface area contributed by atoms with Crippen LogP contribution in [0.25, 0.3) is 22.7 Å². The number of fused-ring (bicyclic) bond motifs is 2. The van der Waals surface area contributed by atoms with Crippen molar-refractivity contribution >= 4 is 34.2 Å². The first-order chi connectivity index (χ1) is 15.0. The molecule has 1 aliphatic heterocycles. The molecule has 0 bridgehead atoms. The van der Waals surface area contributed by atoms with Crippen molar-refractivity contribution in [2.24, 2.45) is 10.2 Å². The van der Waals surface area contributed by atoms with Gasteiger partial charge in [-0.3, -0.25) is 0 Å². The smallest absolute Gasteiger partial charge is 0.196 e. The standard InChI is InChI=1S/C24H21N5O2/c1-29(2)22-9-5-15(13-25-22)23-17-7-4-14(11-21(17)27-28-23)10-19-18-12-16(31-3)6-8-20(18)26-24(19)30/h4-13,26,30H,1-3H3. The van der Waals surface area contributed by atoms with E-state index in [-0.39, 0.29) is 5.88 Å². The van der Waals surface area contributed by atoms with E-state index in [1.807, 2.05) is 79.8 Å². The lowest BCUT2D eigenvalue weighted by atomic mass is 10.1. The Labute approximate surface area is 178 Å². The number of H-pyrrole nitrogens is 1. The van der Waals surface area contributed by atoms with Gasteiger partial charge < -0.3 is 19.7 Å². The molecule has 0 radical (unpaired) electrons. The van der Waals surface area contributed by atoms with Crippen LogP contribution in [0.4, 0.5) is 11.5 Å². The van der Waals surface area contributed by atoms with E-state index in [9.17, 15) is 5.11 Å². The van der Waals surface area contributed by atoms with Gasteiger partial charge in [0, 0.05) is 47.5 Å². The molecule has 0 aliphatic carbocycles. The fourth-order valence-corrected chi connectivity index (χ4v) is 3.70. The topological polar surface area (TPSA) is 86.1 Å².